The van der Waals surface area contributed by atoms with E-state index in [1.54, 1.807) is 48.5 Å². The first-order chi connectivity index (χ1) is 15.8. The molecular weight excluding hydrogens is 446 g/mol. The zero-order valence-electron chi connectivity index (χ0n) is 18.7. The Kier molecular flexibility index (Phi) is 8.29. The molecule has 2 N–H and O–H groups in total. The molecular formula is C23H29N3O6S. The fourth-order valence-corrected chi connectivity index (χ4v) is 4.36. The molecule has 33 heavy (non-hydrogen) atoms. The van der Waals surface area contributed by atoms with Crippen LogP contribution in [-0.4, -0.2) is 58.9 Å². The van der Waals surface area contributed by atoms with Crippen molar-refractivity contribution >= 4 is 33.2 Å². The molecule has 1 aliphatic heterocycles. The molecule has 0 bridgehead atoms. The summed E-state index contributed by atoms with van der Waals surface area (Å²) in [6.45, 7) is 2.87. The van der Waals surface area contributed by atoms with Crippen molar-refractivity contribution in [2.45, 2.75) is 25.9 Å². The highest BCUT2D eigenvalue weighted by atomic mass is 32.2. The molecule has 0 radical (unpaired) electrons. The molecule has 1 fully saturated rings. The molecule has 0 saturated carbocycles. The van der Waals surface area contributed by atoms with Gasteiger partial charge in [-0.15, -0.1) is 0 Å². The zero-order valence-corrected chi connectivity index (χ0v) is 19.6. The summed E-state index contributed by atoms with van der Waals surface area (Å²) in [5, 5.41) is 5.49. The largest absolute Gasteiger partial charge is 0.494 e. The van der Waals surface area contributed by atoms with Crippen molar-refractivity contribution in [1.29, 1.82) is 0 Å². The minimum atomic E-state index is -3.76. The van der Waals surface area contributed by atoms with Crippen LogP contribution in [0.1, 0.15) is 30.1 Å². The van der Waals surface area contributed by atoms with Crippen LogP contribution in [-0.2, 0) is 19.6 Å². The van der Waals surface area contributed by atoms with Gasteiger partial charge in [0.1, 0.15) is 12.3 Å². The number of hydrogen-bond donors (Lipinski definition) is 2. The number of para-hydroxylation sites is 1. The number of amides is 2. The standard InChI is InChI=1S/C23H29N3O6S/c1-3-31-18-9-6-8-17(14-18)26(33(2,29)30)16-22(27)25-21-12-5-4-11-20(21)23(28)24-15-19-10-7-13-32-19/h4-6,8-9,11-12,14,19H,3,7,10,13,15-16H2,1-2H3,(H,24,28)(H,25,27). The third-order valence-corrected chi connectivity index (χ3v) is 6.20. The van der Waals surface area contributed by atoms with E-state index in [0.717, 1.165) is 23.4 Å². The molecule has 1 unspecified atom stereocenters. The number of rotatable bonds is 10. The van der Waals surface area contributed by atoms with Gasteiger partial charge < -0.3 is 20.1 Å². The summed E-state index contributed by atoms with van der Waals surface area (Å²) in [6.07, 6.45) is 2.88. The summed E-state index contributed by atoms with van der Waals surface area (Å²) in [4.78, 5) is 25.5. The fraction of sp³-hybridized carbons (Fsp3) is 0.391. The number of nitrogens with one attached hydrogen (secondary N) is 2. The average Bonchev–Trinajstić information content (AvgIpc) is 3.30. The van der Waals surface area contributed by atoms with Gasteiger partial charge in [0.15, 0.2) is 0 Å². The zero-order chi connectivity index (χ0) is 23.8. The van der Waals surface area contributed by atoms with Crippen molar-refractivity contribution in [3.8, 4) is 5.75 Å². The van der Waals surface area contributed by atoms with Crippen LogP contribution in [0.25, 0.3) is 0 Å². The quantitative estimate of drug-likeness (QED) is 0.546. The Bertz CT molecular complexity index is 1080. The first-order valence-corrected chi connectivity index (χ1v) is 12.6. The lowest BCUT2D eigenvalue weighted by atomic mass is 10.1. The van der Waals surface area contributed by atoms with Crippen LogP contribution < -0.4 is 19.7 Å². The minimum absolute atomic E-state index is 0.00789. The summed E-state index contributed by atoms with van der Waals surface area (Å²) in [5.41, 5.74) is 0.887. The second-order valence-corrected chi connectivity index (χ2v) is 9.55. The van der Waals surface area contributed by atoms with Crippen molar-refractivity contribution in [2.75, 3.05) is 42.2 Å². The second kappa shape index (κ2) is 11.2. The molecule has 1 aliphatic rings. The Morgan fingerprint density at radius 1 is 1.18 bits per heavy atom. The minimum Gasteiger partial charge on any atom is -0.494 e. The Hall–Kier alpha value is -3.11. The van der Waals surface area contributed by atoms with Crippen LogP contribution in [0.3, 0.4) is 0 Å². The van der Waals surface area contributed by atoms with E-state index in [4.69, 9.17) is 9.47 Å². The van der Waals surface area contributed by atoms with Crippen LogP contribution in [0.15, 0.2) is 48.5 Å². The molecule has 3 rings (SSSR count). The summed E-state index contributed by atoms with van der Waals surface area (Å²) < 4.78 is 36.8. The highest BCUT2D eigenvalue weighted by Crippen LogP contribution is 2.24. The first kappa shape index (κ1) is 24.5. The average molecular weight is 476 g/mol. The van der Waals surface area contributed by atoms with E-state index in [-0.39, 0.29) is 17.6 Å². The van der Waals surface area contributed by atoms with Crippen molar-refractivity contribution in [3.63, 3.8) is 0 Å². The predicted octanol–water partition coefficient (Wildman–Crippen LogP) is 2.40. The molecule has 178 valence electrons. The molecule has 2 aromatic rings. The molecule has 1 atom stereocenters. The van der Waals surface area contributed by atoms with Gasteiger partial charge >= 0.3 is 0 Å². The first-order valence-electron chi connectivity index (χ1n) is 10.8. The van der Waals surface area contributed by atoms with E-state index in [1.807, 2.05) is 6.92 Å². The highest BCUT2D eigenvalue weighted by Gasteiger charge is 2.23. The maximum atomic E-state index is 12.8. The van der Waals surface area contributed by atoms with Gasteiger partial charge in [0.2, 0.25) is 15.9 Å². The lowest BCUT2D eigenvalue weighted by molar-refractivity contribution is -0.114. The Balaban J connectivity index is 1.72. The van der Waals surface area contributed by atoms with Gasteiger partial charge in [-0.1, -0.05) is 18.2 Å². The number of hydrogen-bond acceptors (Lipinski definition) is 6. The molecule has 0 aliphatic carbocycles. The number of anilines is 2. The van der Waals surface area contributed by atoms with E-state index < -0.39 is 22.5 Å². The predicted molar refractivity (Wildman–Crippen MR) is 126 cm³/mol. The van der Waals surface area contributed by atoms with Crippen molar-refractivity contribution in [2.24, 2.45) is 0 Å². The molecule has 2 aromatic carbocycles. The van der Waals surface area contributed by atoms with Crippen LogP contribution in [0.2, 0.25) is 0 Å². The van der Waals surface area contributed by atoms with E-state index in [2.05, 4.69) is 10.6 Å². The third-order valence-electron chi connectivity index (χ3n) is 5.06. The summed E-state index contributed by atoms with van der Waals surface area (Å²) in [7, 11) is -3.76. The van der Waals surface area contributed by atoms with Gasteiger partial charge in [0.25, 0.3) is 5.91 Å². The van der Waals surface area contributed by atoms with Crippen LogP contribution in [0.4, 0.5) is 11.4 Å². The number of carbonyl (C=O) groups is 2. The number of nitrogens with zero attached hydrogens (tertiary/aromatic N) is 1. The normalized spacial score (nSPS) is 15.6. The van der Waals surface area contributed by atoms with Gasteiger partial charge in [-0.05, 0) is 44.0 Å². The maximum Gasteiger partial charge on any atom is 0.253 e. The van der Waals surface area contributed by atoms with Gasteiger partial charge in [-0.2, -0.15) is 0 Å². The molecule has 1 heterocycles. The Labute approximate surface area is 194 Å². The van der Waals surface area contributed by atoms with Gasteiger partial charge in [-0.3, -0.25) is 13.9 Å². The van der Waals surface area contributed by atoms with Crippen LogP contribution in [0, 0.1) is 0 Å². The fourth-order valence-electron chi connectivity index (χ4n) is 3.51. The Morgan fingerprint density at radius 2 is 1.97 bits per heavy atom. The number of benzene rings is 2. The lowest BCUT2D eigenvalue weighted by Gasteiger charge is -2.22. The van der Waals surface area contributed by atoms with E-state index in [1.165, 1.54) is 0 Å². The number of sulfonamides is 1. The molecule has 0 aromatic heterocycles. The SMILES string of the molecule is CCOc1cccc(N(CC(=O)Nc2ccccc2C(=O)NCC2CCCO2)S(C)(=O)=O)c1. The Morgan fingerprint density at radius 3 is 2.67 bits per heavy atom. The van der Waals surface area contributed by atoms with E-state index in [0.29, 0.717) is 36.9 Å². The molecule has 2 amide bonds. The van der Waals surface area contributed by atoms with Gasteiger partial charge in [0.05, 0.1) is 35.9 Å². The maximum absolute atomic E-state index is 12.8. The van der Waals surface area contributed by atoms with Gasteiger partial charge in [0, 0.05) is 19.2 Å². The highest BCUT2D eigenvalue weighted by molar-refractivity contribution is 7.92. The monoisotopic (exact) mass is 475 g/mol. The van der Waals surface area contributed by atoms with Crippen molar-refractivity contribution < 1.29 is 27.5 Å². The van der Waals surface area contributed by atoms with Crippen molar-refractivity contribution in [3.05, 3.63) is 54.1 Å². The molecule has 1 saturated heterocycles. The number of carbonyl (C=O) groups excluding carboxylic acids is 2. The van der Waals surface area contributed by atoms with Crippen molar-refractivity contribution in [1.82, 2.24) is 5.32 Å². The smallest absolute Gasteiger partial charge is 0.253 e. The number of ether oxygens (including phenoxy) is 2. The molecule has 9 nitrogen and oxygen atoms in total. The third kappa shape index (κ3) is 6.93. The topological polar surface area (TPSA) is 114 Å². The van der Waals surface area contributed by atoms with E-state index >= 15 is 0 Å². The van der Waals surface area contributed by atoms with E-state index in [9.17, 15) is 18.0 Å². The second-order valence-electron chi connectivity index (χ2n) is 7.64. The summed E-state index contributed by atoms with van der Waals surface area (Å²) >= 11 is 0. The molecule has 0 spiro atoms. The van der Waals surface area contributed by atoms with Crippen LogP contribution in [0.5, 0.6) is 5.75 Å². The van der Waals surface area contributed by atoms with Crippen LogP contribution >= 0.6 is 0 Å². The lowest BCUT2D eigenvalue weighted by Crippen LogP contribution is -2.38. The van der Waals surface area contributed by atoms with Gasteiger partial charge in [-0.25, -0.2) is 8.42 Å². The summed E-state index contributed by atoms with van der Waals surface area (Å²) in [6, 6.07) is 13.1. The molecule has 10 heteroatoms. The summed E-state index contributed by atoms with van der Waals surface area (Å²) in [5.74, 6) is -0.426.